The summed E-state index contributed by atoms with van der Waals surface area (Å²) in [5.74, 6) is 0. The molecule has 0 aliphatic carbocycles. The van der Waals surface area contributed by atoms with Crippen molar-refractivity contribution in [3.05, 3.63) is 225 Å². The average molecular weight is 804 g/mol. The van der Waals surface area contributed by atoms with E-state index in [9.17, 15) is 0 Å². The van der Waals surface area contributed by atoms with Crippen LogP contribution in [0.25, 0.3) is 104 Å². The molecule has 0 spiro atoms. The van der Waals surface area contributed by atoms with Crippen LogP contribution in [0.4, 0.5) is 17.1 Å². The first-order chi connectivity index (χ1) is 31.2. The highest BCUT2D eigenvalue weighted by molar-refractivity contribution is 6.22. The van der Waals surface area contributed by atoms with Gasteiger partial charge in [-0.15, -0.1) is 0 Å². The van der Waals surface area contributed by atoms with Gasteiger partial charge in [0.1, 0.15) is 11.2 Å². The zero-order chi connectivity index (χ0) is 41.4. The Morgan fingerprint density at radius 2 is 1.03 bits per heavy atom. The van der Waals surface area contributed by atoms with Gasteiger partial charge in [-0.25, -0.2) is 0 Å². The predicted octanol–water partition coefficient (Wildman–Crippen LogP) is 16.3. The Morgan fingerprint density at radius 1 is 0.397 bits per heavy atom. The van der Waals surface area contributed by atoms with Crippen LogP contribution in [0.5, 0.6) is 0 Å². The van der Waals surface area contributed by atoms with Crippen LogP contribution in [0.1, 0.15) is 0 Å². The number of furan rings is 1. The van der Waals surface area contributed by atoms with Crippen LogP contribution in [-0.2, 0) is 0 Å². The normalized spacial score (nSPS) is 11.8. The second-order valence-corrected chi connectivity index (χ2v) is 16.3. The maximum Gasteiger partial charge on any atom is 0.143 e. The number of aromatic nitrogens is 2. The molecule has 0 N–H and O–H groups in total. The Hall–Kier alpha value is -8.47. The second-order valence-electron chi connectivity index (χ2n) is 16.3. The molecule has 0 bridgehead atoms. The second kappa shape index (κ2) is 14.1. The Morgan fingerprint density at radius 3 is 1.84 bits per heavy atom. The molecule has 13 rings (SSSR count). The number of hydrogen-bond donors (Lipinski definition) is 0. The van der Waals surface area contributed by atoms with Crippen LogP contribution in [0.15, 0.2) is 229 Å². The lowest BCUT2D eigenvalue weighted by Gasteiger charge is -2.26. The van der Waals surface area contributed by atoms with Crippen molar-refractivity contribution < 1.29 is 4.42 Å². The molecule has 0 aliphatic heterocycles. The van der Waals surface area contributed by atoms with Gasteiger partial charge in [-0.3, -0.25) is 4.98 Å². The van der Waals surface area contributed by atoms with E-state index in [4.69, 9.17) is 4.42 Å². The standard InChI is InChI=1S/C59H37N3O/c1-2-12-42-36-45(30-20-38(42)10-1)61(44-28-23-41(24-29-44)48-17-9-18-51-53-37-60-35-34-57(53)63-59(48)51)43-26-21-40(22-27-43)46-31-33-55(50-15-6-5-14-49(46)50)62-54-19-8-7-16-52(54)58-47-13-4-3-11-39(47)25-32-56(58)62/h1-37H. The van der Waals surface area contributed by atoms with E-state index in [-0.39, 0.29) is 0 Å². The van der Waals surface area contributed by atoms with Crippen LogP contribution in [0.3, 0.4) is 0 Å². The van der Waals surface area contributed by atoms with E-state index >= 15 is 0 Å². The first-order valence-corrected chi connectivity index (χ1v) is 21.4. The third-order valence-electron chi connectivity index (χ3n) is 12.9. The Kier molecular flexibility index (Phi) is 7.87. The van der Waals surface area contributed by atoms with Crippen LogP contribution in [0, 0.1) is 0 Å². The lowest BCUT2D eigenvalue weighted by molar-refractivity contribution is 0.669. The average Bonchev–Trinajstić information content (AvgIpc) is 3.91. The summed E-state index contributed by atoms with van der Waals surface area (Å²) < 4.78 is 8.84. The van der Waals surface area contributed by atoms with Crippen LogP contribution in [0.2, 0.25) is 0 Å². The third kappa shape index (κ3) is 5.59. The topological polar surface area (TPSA) is 34.2 Å². The highest BCUT2D eigenvalue weighted by atomic mass is 16.3. The van der Waals surface area contributed by atoms with Crippen LogP contribution < -0.4 is 4.90 Å². The largest absolute Gasteiger partial charge is 0.455 e. The molecule has 13 aromatic rings. The minimum atomic E-state index is 0.843. The molecule has 3 aromatic heterocycles. The minimum Gasteiger partial charge on any atom is -0.455 e. The summed E-state index contributed by atoms with van der Waals surface area (Å²) in [6.45, 7) is 0. The molecule has 294 valence electrons. The van der Waals surface area contributed by atoms with Crippen molar-refractivity contribution in [2.75, 3.05) is 4.90 Å². The summed E-state index contributed by atoms with van der Waals surface area (Å²) in [6.07, 6.45) is 3.66. The van der Waals surface area contributed by atoms with Gasteiger partial charge in [0.15, 0.2) is 0 Å². The zero-order valence-electron chi connectivity index (χ0n) is 34.1. The number of rotatable bonds is 6. The van der Waals surface area contributed by atoms with Crippen molar-refractivity contribution in [1.82, 2.24) is 9.55 Å². The van der Waals surface area contributed by atoms with Crippen LogP contribution >= 0.6 is 0 Å². The Bertz CT molecular complexity index is 3920. The molecule has 4 nitrogen and oxygen atoms in total. The van der Waals surface area contributed by atoms with Crippen molar-refractivity contribution in [2.45, 2.75) is 0 Å². The van der Waals surface area contributed by atoms with Gasteiger partial charge in [0.05, 0.1) is 16.7 Å². The maximum absolute atomic E-state index is 6.39. The minimum absolute atomic E-state index is 0.843. The van der Waals surface area contributed by atoms with Gasteiger partial charge in [-0.2, -0.15) is 0 Å². The first-order valence-electron chi connectivity index (χ1n) is 21.4. The van der Waals surface area contributed by atoms with Crippen molar-refractivity contribution in [1.29, 1.82) is 0 Å². The van der Waals surface area contributed by atoms with E-state index < -0.39 is 0 Å². The fourth-order valence-corrected chi connectivity index (χ4v) is 9.94. The molecule has 3 heterocycles. The SMILES string of the molecule is c1ccc2cc(N(c3ccc(-c4ccc(-n5c6ccccc6c6c7ccccc7ccc65)c5ccccc45)cc3)c3ccc(-c4cccc5c4oc4ccncc45)cc3)ccc2c1. The molecule has 0 radical (unpaired) electrons. The fraction of sp³-hybridized carbons (Fsp3) is 0. The van der Waals surface area contributed by atoms with E-state index in [0.29, 0.717) is 0 Å². The van der Waals surface area contributed by atoms with Crippen molar-refractivity contribution in [3.8, 4) is 27.9 Å². The number of benzene rings is 10. The Labute approximate surface area is 363 Å². The number of para-hydroxylation sites is 2. The lowest BCUT2D eigenvalue weighted by atomic mass is 9.96. The van der Waals surface area contributed by atoms with E-state index in [2.05, 4.69) is 221 Å². The number of nitrogens with zero attached hydrogens (tertiary/aromatic N) is 3. The third-order valence-corrected chi connectivity index (χ3v) is 12.9. The molecule has 0 atom stereocenters. The molecular formula is C59H37N3O. The molecule has 0 fully saturated rings. The van der Waals surface area contributed by atoms with Crippen molar-refractivity contribution in [2.24, 2.45) is 0 Å². The smallest absolute Gasteiger partial charge is 0.143 e. The number of pyridine rings is 1. The summed E-state index contributed by atoms with van der Waals surface area (Å²) in [7, 11) is 0. The summed E-state index contributed by atoms with van der Waals surface area (Å²) in [5.41, 5.74) is 13.1. The molecule has 0 unspecified atom stereocenters. The maximum atomic E-state index is 6.39. The molecule has 10 aromatic carbocycles. The number of anilines is 3. The van der Waals surface area contributed by atoms with Gasteiger partial charge in [-0.1, -0.05) is 152 Å². The predicted molar refractivity (Wildman–Crippen MR) is 264 cm³/mol. The Balaban J connectivity index is 0.918. The molecule has 63 heavy (non-hydrogen) atoms. The van der Waals surface area contributed by atoms with E-state index in [1.807, 2.05) is 12.3 Å². The van der Waals surface area contributed by atoms with E-state index in [1.54, 1.807) is 6.20 Å². The van der Waals surface area contributed by atoms with E-state index in [0.717, 1.165) is 55.7 Å². The highest BCUT2D eigenvalue weighted by Crippen LogP contribution is 2.43. The molecule has 4 heteroatoms. The van der Waals surface area contributed by atoms with Gasteiger partial charge in [0.25, 0.3) is 0 Å². The lowest BCUT2D eigenvalue weighted by Crippen LogP contribution is -2.09. The first kappa shape index (κ1) is 35.3. The van der Waals surface area contributed by atoms with Gasteiger partial charge >= 0.3 is 0 Å². The molecule has 0 saturated heterocycles. The van der Waals surface area contributed by atoms with Gasteiger partial charge in [-0.05, 0) is 104 Å². The molecular weight excluding hydrogens is 767 g/mol. The van der Waals surface area contributed by atoms with Gasteiger partial charge in [0, 0.05) is 62.0 Å². The monoisotopic (exact) mass is 803 g/mol. The van der Waals surface area contributed by atoms with Crippen molar-refractivity contribution in [3.63, 3.8) is 0 Å². The van der Waals surface area contributed by atoms with Crippen LogP contribution in [-0.4, -0.2) is 9.55 Å². The van der Waals surface area contributed by atoms with E-state index in [1.165, 1.54) is 65.4 Å². The summed E-state index contributed by atoms with van der Waals surface area (Å²) >= 11 is 0. The summed E-state index contributed by atoms with van der Waals surface area (Å²) in [4.78, 5) is 6.70. The fourth-order valence-electron chi connectivity index (χ4n) is 9.94. The summed E-state index contributed by atoms with van der Waals surface area (Å²) in [5, 5.41) is 12.0. The van der Waals surface area contributed by atoms with Crippen molar-refractivity contribution >= 4 is 93.1 Å². The number of hydrogen-bond acceptors (Lipinski definition) is 3. The van der Waals surface area contributed by atoms with Gasteiger partial charge in [0.2, 0.25) is 0 Å². The highest BCUT2D eigenvalue weighted by Gasteiger charge is 2.19. The number of fused-ring (bicyclic) bond motifs is 10. The molecule has 0 aliphatic rings. The molecule has 0 saturated carbocycles. The zero-order valence-corrected chi connectivity index (χ0v) is 34.1. The quantitative estimate of drug-likeness (QED) is 0.168. The van der Waals surface area contributed by atoms with Gasteiger partial charge < -0.3 is 13.9 Å². The summed E-state index contributed by atoms with van der Waals surface area (Å²) in [6, 6.07) is 76.9. The molecule has 0 amide bonds.